The Kier molecular flexibility index (Phi) is 8.19. The smallest absolute Gasteiger partial charge is 0.145 e. The van der Waals surface area contributed by atoms with Crippen molar-refractivity contribution in [2.24, 2.45) is 0 Å². The van der Waals surface area contributed by atoms with E-state index in [0.29, 0.717) is 0 Å². The van der Waals surface area contributed by atoms with E-state index >= 15 is 0 Å². The molecule has 2 nitrogen and oxygen atoms in total. The van der Waals surface area contributed by atoms with E-state index in [1.165, 1.54) is 38.2 Å². The summed E-state index contributed by atoms with van der Waals surface area (Å²) in [5, 5.41) is 7.08. The average Bonchev–Trinajstić information content (AvgIpc) is 3.70. The zero-order valence-corrected chi connectivity index (χ0v) is 31.7. The minimum absolute atomic E-state index is 0.862. The van der Waals surface area contributed by atoms with Crippen LogP contribution in [-0.4, -0.2) is 0 Å². The van der Waals surface area contributed by atoms with Crippen LogP contribution >= 0.6 is 0 Å². The second kappa shape index (κ2) is 14.1. The minimum atomic E-state index is 0.862. The first-order valence-electron chi connectivity index (χ1n) is 19.8. The van der Waals surface area contributed by atoms with Crippen LogP contribution in [0.3, 0.4) is 0 Å². The van der Waals surface area contributed by atoms with Crippen LogP contribution in [0.5, 0.6) is 0 Å². The summed E-state index contributed by atoms with van der Waals surface area (Å²) < 4.78 is 6.86. The van der Waals surface area contributed by atoms with Gasteiger partial charge in [0, 0.05) is 22.1 Å². The highest BCUT2D eigenvalue weighted by Crippen LogP contribution is 2.51. The molecule has 1 heterocycles. The maximum Gasteiger partial charge on any atom is 0.145 e. The van der Waals surface area contributed by atoms with Crippen LogP contribution in [-0.2, 0) is 0 Å². The number of benzene rings is 10. The molecule has 0 radical (unpaired) electrons. The summed E-state index contributed by atoms with van der Waals surface area (Å²) in [5.74, 6) is 0. The molecule has 0 aliphatic rings. The molecule has 0 N–H and O–H groups in total. The van der Waals surface area contributed by atoms with Crippen LogP contribution in [0, 0.1) is 0 Å². The Bertz CT molecular complexity index is 3270. The summed E-state index contributed by atoms with van der Waals surface area (Å²) in [7, 11) is 0. The summed E-state index contributed by atoms with van der Waals surface area (Å²) in [6.45, 7) is 0. The van der Waals surface area contributed by atoms with Gasteiger partial charge in [-0.05, 0) is 85.8 Å². The number of hydrogen-bond acceptors (Lipinski definition) is 2. The van der Waals surface area contributed by atoms with Crippen molar-refractivity contribution in [2.75, 3.05) is 4.90 Å². The van der Waals surface area contributed by atoms with E-state index in [1.54, 1.807) is 0 Å². The summed E-state index contributed by atoms with van der Waals surface area (Å²) in [6.07, 6.45) is 0. The van der Waals surface area contributed by atoms with Gasteiger partial charge < -0.3 is 9.32 Å². The highest BCUT2D eigenvalue weighted by atomic mass is 16.3. The Labute approximate surface area is 337 Å². The summed E-state index contributed by atoms with van der Waals surface area (Å²) >= 11 is 0. The largest absolute Gasteiger partial charge is 0.455 e. The molecule has 0 fully saturated rings. The van der Waals surface area contributed by atoms with Gasteiger partial charge in [0.1, 0.15) is 11.2 Å². The van der Waals surface area contributed by atoms with E-state index in [4.69, 9.17) is 4.42 Å². The molecule has 0 bridgehead atoms. The first-order valence-corrected chi connectivity index (χ1v) is 19.8. The molecule has 0 atom stereocenters. The molecule has 10 aromatic carbocycles. The standard InChI is InChI=1S/C56H37NO/c1-3-17-38(18-4-1)39-31-33-41(34-32-39)44-23-11-14-28-51(44)57(53-36-35-45(40-19-5-2-6-20-40)56-55(53)49-27-13-16-30-54(49)58-56)52-29-15-12-26-48(52)50-37-42-21-7-8-22-43(42)46-24-9-10-25-47(46)50/h1-37H. The molecule has 2 heteroatoms. The van der Waals surface area contributed by atoms with Crippen LogP contribution in [0.25, 0.3) is 88.0 Å². The number of para-hydroxylation sites is 3. The van der Waals surface area contributed by atoms with Crippen molar-refractivity contribution in [3.63, 3.8) is 0 Å². The predicted octanol–water partition coefficient (Wildman–Crippen LogP) is 16.0. The minimum Gasteiger partial charge on any atom is -0.455 e. The van der Waals surface area contributed by atoms with Crippen molar-refractivity contribution < 1.29 is 4.42 Å². The second-order valence-corrected chi connectivity index (χ2v) is 14.8. The summed E-state index contributed by atoms with van der Waals surface area (Å²) in [4.78, 5) is 2.47. The Morgan fingerprint density at radius 2 is 0.810 bits per heavy atom. The molecule has 0 unspecified atom stereocenters. The number of fused-ring (bicyclic) bond motifs is 6. The third-order valence-corrected chi connectivity index (χ3v) is 11.5. The molecule has 272 valence electrons. The molecule has 0 saturated heterocycles. The zero-order valence-electron chi connectivity index (χ0n) is 31.7. The van der Waals surface area contributed by atoms with Gasteiger partial charge in [-0.2, -0.15) is 0 Å². The molecular formula is C56H37NO. The molecule has 1 aromatic heterocycles. The molecule has 11 aromatic rings. The maximum absolute atomic E-state index is 6.86. The number of rotatable bonds is 7. The van der Waals surface area contributed by atoms with E-state index in [2.05, 4.69) is 229 Å². The predicted molar refractivity (Wildman–Crippen MR) is 245 cm³/mol. The average molecular weight is 740 g/mol. The fourth-order valence-electron chi connectivity index (χ4n) is 8.79. The lowest BCUT2D eigenvalue weighted by Crippen LogP contribution is -2.13. The molecule has 0 saturated carbocycles. The summed E-state index contributed by atoms with van der Waals surface area (Å²) in [5.41, 5.74) is 14.1. The second-order valence-electron chi connectivity index (χ2n) is 14.8. The van der Waals surface area contributed by atoms with Crippen molar-refractivity contribution in [3.05, 3.63) is 224 Å². The number of anilines is 3. The van der Waals surface area contributed by atoms with Crippen LogP contribution in [0.2, 0.25) is 0 Å². The molecule has 0 spiro atoms. The van der Waals surface area contributed by atoms with Gasteiger partial charge in [0.15, 0.2) is 0 Å². The van der Waals surface area contributed by atoms with E-state index in [1.807, 2.05) is 0 Å². The van der Waals surface area contributed by atoms with Crippen molar-refractivity contribution in [2.45, 2.75) is 0 Å². The zero-order chi connectivity index (χ0) is 38.4. The van der Waals surface area contributed by atoms with Gasteiger partial charge in [-0.3, -0.25) is 0 Å². The van der Waals surface area contributed by atoms with Gasteiger partial charge in [0.2, 0.25) is 0 Å². The van der Waals surface area contributed by atoms with Crippen molar-refractivity contribution >= 4 is 60.5 Å². The number of hydrogen-bond donors (Lipinski definition) is 0. The highest BCUT2D eigenvalue weighted by molar-refractivity contribution is 6.19. The van der Waals surface area contributed by atoms with Gasteiger partial charge in [0.25, 0.3) is 0 Å². The molecule has 11 rings (SSSR count). The molecule has 58 heavy (non-hydrogen) atoms. The third-order valence-electron chi connectivity index (χ3n) is 11.5. The molecule has 0 aliphatic carbocycles. The van der Waals surface area contributed by atoms with E-state index < -0.39 is 0 Å². The first kappa shape index (κ1) is 33.6. The lowest BCUT2D eigenvalue weighted by Gasteiger charge is -2.31. The highest BCUT2D eigenvalue weighted by Gasteiger charge is 2.26. The third kappa shape index (κ3) is 5.66. The normalized spacial score (nSPS) is 11.4. The lowest BCUT2D eigenvalue weighted by molar-refractivity contribution is 0.670. The van der Waals surface area contributed by atoms with Gasteiger partial charge in [-0.25, -0.2) is 0 Å². The van der Waals surface area contributed by atoms with Gasteiger partial charge >= 0.3 is 0 Å². The van der Waals surface area contributed by atoms with Crippen LogP contribution in [0.4, 0.5) is 17.1 Å². The van der Waals surface area contributed by atoms with Gasteiger partial charge in [-0.15, -0.1) is 0 Å². The number of furan rings is 1. The first-order chi connectivity index (χ1) is 28.8. The van der Waals surface area contributed by atoms with E-state index in [0.717, 1.165) is 66.8 Å². The quantitative estimate of drug-likeness (QED) is 0.151. The van der Waals surface area contributed by atoms with E-state index in [-0.39, 0.29) is 0 Å². The molecule has 0 amide bonds. The SMILES string of the molecule is c1ccc(-c2ccc(-c3ccccc3N(c3ccccc3-c3cc4ccccc4c4ccccc34)c3ccc(-c4ccccc4)c4oc5ccccc5c34)cc2)cc1. The topological polar surface area (TPSA) is 16.4 Å². The van der Waals surface area contributed by atoms with Gasteiger partial charge in [-0.1, -0.05) is 188 Å². The lowest BCUT2D eigenvalue weighted by atomic mass is 9.91. The Balaban J connectivity index is 1.22. The molecule has 0 aliphatic heterocycles. The van der Waals surface area contributed by atoms with Crippen LogP contribution in [0.15, 0.2) is 229 Å². The Hall–Kier alpha value is -7.68. The van der Waals surface area contributed by atoms with E-state index in [9.17, 15) is 0 Å². The molecular weight excluding hydrogens is 703 g/mol. The Morgan fingerprint density at radius 1 is 0.293 bits per heavy atom. The maximum atomic E-state index is 6.86. The number of nitrogens with zero attached hydrogens (tertiary/aromatic N) is 1. The van der Waals surface area contributed by atoms with Crippen LogP contribution < -0.4 is 4.90 Å². The van der Waals surface area contributed by atoms with Crippen molar-refractivity contribution in [1.82, 2.24) is 0 Å². The fraction of sp³-hybridized carbons (Fsp3) is 0. The van der Waals surface area contributed by atoms with Crippen molar-refractivity contribution in [1.29, 1.82) is 0 Å². The van der Waals surface area contributed by atoms with Gasteiger partial charge in [0.05, 0.1) is 22.4 Å². The Morgan fingerprint density at radius 3 is 1.57 bits per heavy atom. The fourth-order valence-corrected chi connectivity index (χ4v) is 8.79. The summed E-state index contributed by atoms with van der Waals surface area (Å²) in [6, 6.07) is 80.6. The monoisotopic (exact) mass is 739 g/mol. The van der Waals surface area contributed by atoms with Crippen molar-refractivity contribution in [3.8, 4) is 44.5 Å². The van der Waals surface area contributed by atoms with Crippen LogP contribution in [0.1, 0.15) is 0 Å².